The number of nitrogens with one attached hydrogen (secondary N) is 1. The van der Waals surface area contributed by atoms with Crippen LogP contribution >= 0.6 is 0 Å². The highest BCUT2D eigenvalue weighted by Crippen LogP contribution is 2.39. The molecule has 3 rings (SSSR count). The van der Waals surface area contributed by atoms with E-state index >= 15 is 0 Å². The highest BCUT2D eigenvalue weighted by atomic mass is 16.5. The van der Waals surface area contributed by atoms with Crippen LogP contribution in [0, 0.1) is 13.8 Å². The molecule has 0 unspecified atom stereocenters. The Morgan fingerprint density at radius 3 is 2.57 bits per heavy atom. The largest absolute Gasteiger partial charge is 0.493 e. The van der Waals surface area contributed by atoms with Crippen LogP contribution in [0.2, 0.25) is 0 Å². The maximum atomic E-state index is 13.0. The van der Waals surface area contributed by atoms with Crippen molar-refractivity contribution in [1.82, 2.24) is 5.32 Å². The second kappa shape index (κ2) is 8.33. The maximum absolute atomic E-state index is 13.0. The van der Waals surface area contributed by atoms with Crippen LogP contribution in [0.25, 0.3) is 0 Å². The first kappa shape index (κ1) is 19.7. The van der Waals surface area contributed by atoms with Crippen LogP contribution in [0.3, 0.4) is 0 Å². The molecular formula is C22H26N2O4. The fourth-order valence-electron chi connectivity index (χ4n) is 3.69. The summed E-state index contributed by atoms with van der Waals surface area (Å²) in [5.74, 6) is 1.05. The summed E-state index contributed by atoms with van der Waals surface area (Å²) >= 11 is 0. The number of carbonyl (C=O) groups is 2. The number of ether oxygens (including phenoxy) is 2. The molecule has 148 valence electrons. The van der Waals surface area contributed by atoms with E-state index in [4.69, 9.17) is 9.47 Å². The number of nitrogens with zero attached hydrogens (tertiary/aromatic N) is 1. The summed E-state index contributed by atoms with van der Waals surface area (Å²) in [6.07, 6.45) is 0.656. The van der Waals surface area contributed by atoms with Gasteiger partial charge in [0.2, 0.25) is 5.91 Å². The molecule has 6 heteroatoms. The van der Waals surface area contributed by atoms with E-state index in [0.29, 0.717) is 31.1 Å². The Labute approximate surface area is 165 Å². The fourth-order valence-corrected chi connectivity index (χ4v) is 3.69. The average Bonchev–Trinajstić information content (AvgIpc) is 2.90. The van der Waals surface area contributed by atoms with Gasteiger partial charge in [-0.25, -0.2) is 0 Å². The van der Waals surface area contributed by atoms with Crippen molar-refractivity contribution in [3.05, 3.63) is 53.1 Å². The van der Waals surface area contributed by atoms with Crippen molar-refractivity contribution in [2.24, 2.45) is 0 Å². The first-order chi connectivity index (χ1) is 13.4. The molecule has 0 aliphatic carbocycles. The molecule has 0 saturated carbocycles. The summed E-state index contributed by atoms with van der Waals surface area (Å²) in [5, 5.41) is 2.79. The molecule has 1 N–H and O–H groups in total. The predicted molar refractivity (Wildman–Crippen MR) is 108 cm³/mol. The number of fused-ring (bicyclic) bond motifs is 1. The molecule has 6 nitrogen and oxygen atoms in total. The number of methoxy groups -OCH3 is 1. The van der Waals surface area contributed by atoms with Crippen molar-refractivity contribution >= 4 is 17.5 Å². The average molecular weight is 382 g/mol. The maximum Gasteiger partial charge on any atom is 0.254 e. The second-order valence-electron chi connectivity index (χ2n) is 7.00. The summed E-state index contributed by atoms with van der Waals surface area (Å²) < 4.78 is 11.1. The Morgan fingerprint density at radius 2 is 1.89 bits per heavy atom. The van der Waals surface area contributed by atoms with Gasteiger partial charge >= 0.3 is 0 Å². The van der Waals surface area contributed by atoms with Crippen molar-refractivity contribution < 1.29 is 19.1 Å². The second-order valence-corrected chi connectivity index (χ2v) is 7.00. The van der Waals surface area contributed by atoms with Gasteiger partial charge in [0.1, 0.15) is 6.04 Å². The van der Waals surface area contributed by atoms with Crippen molar-refractivity contribution in [2.45, 2.75) is 33.2 Å². The topological polar surface area (TPSA) is 67.9 Å². The quantitative estimate of drug-likeness (QED) is 0.746. The number of hydrogen-bond donors (Lipinski definition) is 1. The Morgan fingerprint density at radius 1 is 1.18 bits per heavy atom. The van der Waals surface area contributed by atoms with Crippen molar-refractivity contribution in [3.8, 4) is 11.5 Å². The molecule has 0 saturated heterocycles. The van der Waals surface area contributed by atoms with Gasteiger partial charge in [-0.2, -0.15) is 0 Å². The number of benzene rings is 2. The lowest BCUT2D eigenvalue weighted by Gasteiger charge is -2.20. The minimum absolute atomic E-state index is 0.101. The number of rotatable bonds is 7. The summed E-state index contributed by atoms with van der Waals surface area (Å²) in [6, 6.07) is 10.9. The van der Waals surface area contributed by atoms with E-state index in [0.717, 1.165) is 22.4 Å². The Bertz CT molecular complexity index is 894. The van der Waals surface area contributed by atoms with Crippen LogP contribution < -0.4 is 19.7 Å². The van der Waals surface area contributed by atoms with E-state index in [1.165, 1.54) is 6.92 Å². The number of amides is 2. The van der Waals surface area contributed by atoms with Gasteiger partial charge in [0.15, 0.2) is 11.5 Å². The minimum atomic E-state index is -0.624. The Balaban J connectivity index is 1.72. The van der Waals surface area contributed by atoms with E-state index in [1.54, 1.807) is 12.0 Å². The first-order valence-electron chi connectivity index (χ1n) is 9.37. The summed E-state index contributed by atoms with van der Waals surface area (Å²) in [6.45, 7) is 6.38. The van der Waals surface area contributed by atoms with E-state index in [1.807, 2.05) is 44.2 Å². The van der Waals surface area contributed by atoms with Gasteiger partial charge in [-0.05, 0) is 38.0 Å². The van der Waals surface area contributed by atoms with Crippen LogP contribution in [-0.4, -0.2) is 32.1 Å². The fraction of sp³-hybridized carbons (Fsp3) is 0.364. The highest BCUT2D eigenvalue weighted by molar-refractivity contribution is 6.06. The van der Waals surface area contributed by atoms with Crippen molar-refractivity contribution in [3.63, 3.8) is 0 Å². The third-order valence-electron chi connectivity index (χ3n) is 4.77. The van der Waals surface area contributed by atoms with Gasteiger partial charge < -0.3 is 19.7 Å². The highest BCUT2D eigenvalue weighted by Gasteiger charge is 2.38. The molecule has 0 aromatic heterocycles. The van der Waals surface area contributed by atoms with Gasteiger partial charge in [-0.1, -0.05) is 29.8 Å². The molecule has 0 fully saturated rings. The first-order valence-corrected chi connectivity index (χ1v) is 9.37. The molecule has 2 amide bonds. The predicted octanol–water partition coefficient (Wildman–Crippen LogP) is 3.30. The van der Waals surface area contributed by atoms with Gasteiger partial charge in [0.05, 0.1) is 19.4 Å². The summed E-state index contributed by atoms with van der Waals surface area (Å²) in [4.78, 5) is 26.3. The molecule has 0 spiro atoms. The van der Waals surface area contributed by atoms with Gasteiger partial charge in [-0.3, -0.25) is 9.59 Å². The molecule has 28 heavy (non-hydrogen) atoms. The van der Waals surface area contributed by atoms with Crippen LogP contribution in [0.5, 0.6) is 11.5 Å². The van der Waals surface area contributed by atoms with Crippen molar-refractivity contribution in [2.75, 3.05) is 25.2 Å². The molecule has 0 bridgehead atoms. The van der Waals surface area contributed by atoms with Gasteiger partial charge in [0.25, 0.3) is 5.91 Å². The van der Waals surface area contributed by atoms with Crippen LogP contribution in [-0.2, 0) is 9.59 Å². The third-order valence-corrected chi connectivity index (χ3v) is 4.77. The van der Waals surface area contributed by atoms with E-state index in [9.17, 15) is 9.59 Å². The molecule has 1 aliphatic heterocycles. The zero-order valence-electron chi connectivity index (χ0n) is 16.7. The molecule has 1 heterocycles. The lowest BCUT2D eigenvalue weighted by atomic mass is 10.0. The molecule has 2 aromatic carbocycles. The Hall–Kier alpha value is -3.02. The SMILES string of the molecule is COc1ccccc1OCCCN1C(=O)[C@H](NC(C)=O)c2cc(C)cc(C)c21. The zero-order chi connectivity index (χ0) is 20.3. The van der Waals surface area contributed by atoms with Crippen molar-refractivity contribution in [1.29, 1.82) is 0 Å². The minimum Gasteiger partial charge on any atom is -0.493 e. The number of carbonyl (C=O) groups excluding carboxylic acids is 2. The van der Waals surface area contributed by atoms with Gasteiger partial charge in [0, 0.05) is 19.0 Å². The standard InChI is InChI=1S/C22H26N2O4/c1-14-12-15(2)21-17(13-14)20(23-16(3)25)22(26)24(21)10-7-11-28-19-9-6-5-8-18(19)27-4/h5-6,8-9,12-13,20H,7,10-11H2,1-4H3,(H,23,25)/t20-/m1/s1. The number of para-hydroxylation sites is 2. The van der Waals surface area contributed by atoms with E-state index in [-0.39, 0.29) is 11.8 Å². The molecule has 1 atom stereocenters. The third kappa shape index (κ3) is 3.96. The molecule has 0 radical (unpaired) electrons. The zero-order valence-corrected chi connectivity index (χ0v) is 16.7. The lowest BCUT2D eigenvalue weighted by molar-refractivity contribution is -0.126. The summed E-state index contributed by atoms with van der Waals surface area (Å²) in [5.41, 5.74) is 3.86. The van der Waals surface area contributed by atoms with E-state index in [2.05, 4.69) is 11.4 Å². The number of anilines is 1. The lowest BCUT2D eigenvalue weighted by Crippen LogP contribution is -2.37. The normalized spacial score (nSPS) is 15.4. The van der Waals surface area contributed by atoms with Crippen LogP contribution in [0.15, 0.2) is 36.4 Å². The van der Waals surface area contributed by atoms with Crippen LogP contribution in [0.1, 0.15) is 36.1 Å². The van der Waals surface area contributed by atoms with E-state index < -0.39 is 6.04 Å². The number of hydrogen-bond acceptors (Lipinski definition) is 4. The van der Waals surface area contributed by atoms with Crippen LogP contribution in [0.4, 0.5) is 5.69 Å². The number of aryl methyl sites for hydroxylation is 2. The Kier molecular flexibility index (Phi) is 5.87. The molecular weight excluding hydrogens is 356 g/mol. The molecule has 1 aliphatic rings. The summed E-state index contributed by atoms with van der Waals surface area (Å²) in [7, 11) is 1.61. The molecule has 2 aromatic rings. The monoisotopic (exact) mass is 382 g/mol. The smallest absolute Gasteiger partial charge is 0.254 e. The van der Waals surface area contributed by atoms with Gasteiger partial charge in [-0.15, -0.1) is 0 Å².